The second kappa shape index (κ2) is 10.6. The zero-order valence-corrected chi connectivity index (χ0v) is 19.1. The van der Waals surface area contributed by atoms with Gasteiger partial charge in [0.1, 0.15) is 5.75 Å². The molecule has 0 unspecified atom stereocenters. The smallest absolute Gasteiger partial charge is 0.247 e. The minimum Gasteiger partial charge on any atom is -0.497 e. The van der Waals surface area contributed by atoms with Crippen molar-refractivity contribution in [3.8, 4) is 17.2 Å². The van der Waals surface area contributed by atoms with E-state index in [1.807, 2.05) is 24.3 Å². The highest BCUT2D eigenvalue weighted by atomic mass is 32.2. The lowest BCUT2D eigenvalue weighted by Crippen LogP contribution is -2.23. The van der Waals surface area contributed by atoms with Crippen LogP contribution in [0.2, 0.25) is 0 Å². The standard InChI is InChI=1S/C21H30N6O2S/c1-6-8-13-27-19(17(7-2)26(3)4)23-25-21(27)30-14-18-22-24-20(29-18)15-9-11-16(28-5)12-10-15/h9-12,17H,6-8,13-14H2,1-5H3/t17-/m1/s1. The van der Waals surface area contributed by atoms with Crippen molar-refractivity contribution >= 4 is 11.8 Å². The van der Waals surface area contributed by atoms with Crippen molar-refractivity contribution in [1.29, 1.82) is 0 Å². The van der Waals surface area contributed by atoms with Gasteiger partial charge in [0.15, 0.2) is 11.0 Å². The number of aromatic nitrogens is 5. The lowest BCUT2D eigenvalue weighted by atomic mass is 10.2. The molecule has 0 aliphatic carbocycles. The Labute approximate surface area is 182 Å². The number of thioether (sulfide) groups is 1. The van der Waals surface area contributed by atoms with Crippen molar-refractivity contribution in [3.63, 3.8) is 0 Å². The summed E-state index contributed by atoms with van der Waals surface area (Å²) in [7, 11) is 5.81. The van der Waals surface area contributed by atoms with E-state index in [2.05, 4.69) is 57.8 Å². The minimum atomic E-state index is 0.244. The van der Waals surface area contributed by atoms with Crippen LogP contribution in [0.15, 0.2) is 33.8 Å². The summed E-state index contributed by atoms with van der Waals surface area (Å²) in [5, 5.41) is 18.2. The van der Waals surface area contributed by atoms with Crippen molar-refractivity contribution in [2.45, 2.75) is 56.6 Å². The first kappa shape index (κ1) is 22.3. The Morgan fingerprint density at radius 3 is 2.50 bits per heavy atom. The van der Waals surface area contributed by atoms with Crippen molar-refractivity contribution in [2.75, 3.05) is 21.2 Å². The first-order valence-corrected chi connectivity index (χ1v) is 11.2. The molecule has 1 atom stereocenters. The summed E-state index contributed by atoms with van der Waals surface area (Å²) in [6.45, 7) is 5.28. The van der Waals surface area contributed by atoms with Gasteiger partial charge in [-0.25, -0.2) is 0 Å². The van der Waals surface area contributed by atoms with Gasteiger partial charge in [-0.15, -0.1) is 20.4 Å². The summed E-state index contributed by atoms with van der Waals surface area (Å²) in [5.74, 6) is 3.42. The summed E-state index contributed by atoms with van der Waals surface area (Å²) in [6.07, 6.45) is 3.19. The molecule has 3 aromatic rings. The van der Waals surface area contributed by atoms with E-state index < -0.39 is 0 Å². The molecule has 9 heteroatoms. The van der Waals surface area contributed by atoms with Crippen LogP contribution in [0.4, 0.5) is 0 Å². The summed E-state index contributed by atoms with van der Waals surface area (Å²) in [6, 6.07) is 7.81. The van der Waals surface area contributed by atoms with Gasteiger partial charge < -0.3 is 13.7 Å². The van der Waals surface area contributed by atoms with Crippen LogP contribution in [0.25, 0.3) is 11.5 Å². The van der Waals surface area contributed by atoms with Gasteiger partial charge in [-0.1, -0.05) is 32.0 Å². The molecule has 3 rings (SSSR count). The number of benzene rings is 1. The highest BCUT2D eigenvalue weighted by Crippen LogP contribution is 2.28. The van der Waals surface area contributed by atoms with Crippen LogP contribution in [0.3, 0.4) is 0 Å². The van der Waals surface area contributed by atoms with Crippen molar-refractivity contribution in [2.24, 2.45) is 0 Å². The molecule has 8 nitrogen and oxygen atoms in total. The second-order valence-corrected chi connectivity index (χ2v) is 8.19. The lowest BCUT2D eigenvalue weighted by Gasteiger charge is -2.23. The van der Waals surface area contributed by atoms with Gasteiger partial charge in [0.05, 0.1) is 18.9 Å². The topological polar surface area (TPSA) is 82.1 Å². The van der Waals surface area contributed by atoms with Crippen LogP contribution in [-0.2, 0) is 12.3 Å². The molecule has 30 heavy (non-hydrogen) atoms. The summed E-state index contributed by atoms with van der Waals surface area (Å²) < 4.78 is 13.3. The first-order chi connectivity index (χ1) is 14.6. The van der Waals surface area contributed by atoms with Crippen molar-refractivity contribution in [1.82, 2.24) is 29.9 Å². The number of hydrogen-bond acceptors (Lipinski definition) is 8. The zero-order valence-electron chi connectivity index (χ0n) is 18.3. The second-order valence-electron chi connectivity index (χ2n) is 7.25. The van der Waals surface area contributed by atoms with Crippen LogP contribution >= 0.6 is 11.8 Å². The summed E-state index contributed by atoms with van der Waals surface area (Å²) in [5.41, 5.74) is 0.865. The highest BCUT2D eigenvalue weighted by Gasteiger charge is 2.22. The molecule has 0 radical (unpaired) electrons. The van der Waals surface area contributed by atoms with Crippen LogP contribution in [0, 0.1) is 0 Å². The van der Waals surface area contributed by atoms with Gasteiger partial charge in [-0.3, -0.25) is 4.90 Å². The minimum absolute atomic E-state index is 0.244. The van der Waals surface area contributed by atoms with Crippen LogP contribution in [0.1, 0.15) is 50.9 Å². The number of methoxy groups -OCH3 is 1. The largest absolute Gasteiger partial charge is 0.497 e. The van der Waals surface area contributed by atoms with E-state index in [9.17, 15) is 0 Å². The van der Waals surface area contributed by atoms with Gasteiger partial charge in [-0.05, 0) is 51.2 Å². The molecule has 0 N–H and O–H groups in total. The Morgan fingerprint density at radius 1 is 1.10 bits per heavy atom. The Hall–Kier alpha value is -2.39. The number of unbranched alkanes of at least 4 members (excludes halogenated alkanes) is 1. The van der Waals surface area contributed by atoms with E-state index in [4.69, 9.17) is 9.15 Å². The maximum Gasteiger partial charge on any atom is 0.247 e. The third kappa shape index (κ3) is 5.20. The van der Waals surface area contributed by atoms with E-state index in [-0.39, 0.29) is 6.04 Å². The number of ether oxygens (including phenoxy) is 1. The first-order valence-electron chi connectivity index (χ1n) is 10.3. The Bertz CT molecular complexity index is 922. The van der Waals surface area contributed by atoms with E-state index in [1.54, 1.807) is 18.9 Å². The highest BCUT2D eigenvalue weighted by molar-refractivity contribution is 7.98. The fourth-order valence-corrected chi connectivity index (χ4v) is 4.06. The van der Waals surface area contributed by atoms with Gasteiger partial charge in [0.2, 0.25) is 11.8 Å². The third-order valence-corrected chi connectivity index (χ3v) is 5.87. The Balaban J connectivity index is 1.73. The average molecular weight is 431 g/mol. The predicted octanol–water partition coefficient (Wildman–Crippen LogP) is 4.44. The molecule has 0 amide bonds. The van der Waals surface area contributed by atoms with Gasteiger partial charge >= 0.3 is 0 Å². The third-order valence-electron chi connectivity index (χ3n) is 4.92. The van der Waals surface area contributed by atoms with E-state index in [1.165, 1.54) is 0 Å². The fraction of sp³-hybridized carbons (Fsp3) is 0.524. The fourth-order valence-electron chi connectivity index (χ4n) is 3.25. The van der Waals surface area contributed by atoms with Crippen LogP contribution in [-0.4, -0.2) is 51.1 Å². The lowest BCUT2D eigenvalue weighted by molar-refractivity contribution is 0.270. The molecule has 2 aromatic heterocycles. The van der Waals surface area contributed by atoms with Gasteiger partial charge in [0.25, 0.3) is 0 Å². The van der Waals surface area contributed by atoms with Crippen LogP contribution in [0.5, 0.6) is 5.75 Å². The molecule has 0 aliphatic heterocycles. The molecule has 0 bridgehead atoms. The Morgan fingerprint density at radius 2 is 1.87 bits per heavy atom. The zero-order chi connectivity index (χ0) is 21.5. The SMILES string of the molecule is CCCCn1c(SCc2nnc(-c3ccc(OC)cc3)o2)nnc1[C@@H](CC)N(C)C. The quantitative estimate of drug-likeness (QED) is 0.413. The molecule has 0 saturated carbocycles. The molecule has 0 fully saturated rings. The summed E-state index contributed by atoms with van der Waals surface area (Å²) in [4.78, 5) is 2.19. The molecular formula is C21H30N6O2S. The van der Waals surface area contributed by atoms with E-state index in [0.717, 1.165) is 48.1 Å². The monoisotopic (exact) mass is 430 g/mol. The molecule has 2 heterocycles. The molecule has 0 spiro atoms. The van der Waals surface area contributed by atoms with Gasteiger partial charge in [0, 0.05) is 12.1 Å². The number of nitrogens with zero attached hydrogens (tertiary/aromatic N) is 6. The maximum atomic E-state index is 5.85. The molecule has 1 aromatic carbocycles. The van der Waals surface area contributed by atoms with E-state index in [0.29, 0.717) is 17.5 Å². The normalized spacial score (nSPS) is 12.5. The average Bonchev–Trinajstić information content (AvgIpc) is 3.38. The molecule has 0 aliphatic rings. The van der Waals surface area contributed by atoms with Gasteiger partial charge in [-0.2, -0.15) is 0 Å². The Kier molecular flexibility index (Phi) is 7.87. The molecule has 162 valence electrons. The van der Waals surface area contributed by atoms with Crippen molar-refractivity contribution in [3.05, 3.63) is 36.0 Å². The van der Waals surface area contributed by atoms with Crippen molar-refractivity contribution < 1.29 is 9.15 Å². The number of hydrogen-bond donors (Lipinski definition) is 0. The molecule has 0 saturated heterocycles. The summed E-state index contributed by atoms with van der Waals surface area (Å²) >= 11 is 1.58. The van der Waals surface area contributed by atoms with Crippen LogP contribution < -0.4 is 4.74 Å². The molecular weight excluding hydrogens is 400 g/mol. The number of rotatable bonds is 11. The maximum absolute atomic E-state index is 5.85. The predicted molar refractivity (Wildman–Crippen MR) is 117 cm³/mol. The van der Waals surface area contributed by atoms with E-state index >= 15 is 0 Å².